The summed E-state index contributed by atoms with van der Waals surface area (Å²) in [7, 11) is 1.66. The van der Waals surface area contributed by atoms with Crippen molar-refractivity contribution in [3.63, 3.8) is 0 Å². The number of hydrogen-bond donors (Lipinski definition) is 0. The van der Waals surface area contributed by atoms with E-state index in [4.69, 9.17) is 4.74 Å². The van der Waals surface area contributed by atoms with E-state index in [1.807, 2.05) is 42.6 Å². The number of nitrogens with zero attached hydrogens (tertiary/aromatic N) is 2. The molecule has 3 heteroatoms. The molecular formula is C15H12N2O. The van der Waals surface area contributed by atoms with Gasteiger partial charge in [0.25, 0.3) is 0 Å². The minimum Gasteiger partial charge on any atom is -0.497 e. The van der Waals surface area contributed by atoms with E-state index in [0.717, 1.165) is 27.9 Å². The van der Waals surface area contributed by atoms with Crippen LogP contribution in [0.3, 0.4) is 0 Å². The first-order valence-electron chi connectivity index (χ1n) is 5.72. The number of aromatic nitrogens is 2. The van der Waals surface area contributed by atoms with Crippen LogP contribution in [0.5, 0.6) is 5.75 Å². The standard InChI is InChI=1S/C15H12N2O/c1-18-14-6-4-11(5-7-14)13-9-12-3-2-8-16-15(12)17-10-13/h2-10H,1H3. The molecule has 0 atom stereocenters. The molecule has 0 saturated heterocycles. The van der Waals surface area contributed by atoms with E-state index in [1.54, 1.807) is 13.3 Å². The molecule has 1 aromatic carbocycles. The molecule has 0 unspecified atom stereocenters. The first-order chi connectivity index (χ1) is 8.86. The van der Waals surface area contributed by atoms with Crippen molar-refractivity contribution in [3.05, 3.63) is 54.9 Å². The van der Waals surface area contributed by atoms with Gasteiger partial charge in [-0.25, -0.2) is 9.97 Å². The molecule has 0 aliphatic rings. The number of pyridine rings is 2. The van der Waals surface area contributed by atoms with Gasteiger partial charge < -0.3 is 4.74 Å². The highest BCUT2D eigenvalue weighted by Crippen LogP contribution is 2.23. The van der Waals surface area contributed by atoms with Crippen molar-refractivity contribution in [2.75, 3.05) is 7.11 Å². The predicted molar refractivity (Wildman–Crippen MR) is 71.5 cm³/mol. The van der Waals surface area contributed by atoms with Gasteiger partial charge in [-0.3, -0.25) is 0 Å². The summed E-state index contributed by atoms with van der Waals surface area (Å²) in [6.45, 7) is 0. The van der Waals surface area contributed by atoms with Crippen LogP contribution >= 0.6 is 0 Å². The summed E-state index contributed by atoms with van der Waals surface area (Å²) in [5.74, 6) is 0.856. The molecule has 0 bridgehead atoms. The van der Waals surface area contributed by atoms with Gasteiger partial charge in [0, 0.05) is 23.3 Å². The number of methoxy groups -OCH3 is 1. The number of benzene rings is 1. The summed E-state index contributed by atoms with van der Waals surface area (Å²) < 4.78 is 5.15. The van der Waals surface area contributed by atoms with Crippen LogP contribution in [0.2, 0.25) is 0 Å². The Labute approximate surface area is 105 Å². The maximum atomic E-state index is 5.15. The number of hydrogen-bond acceptors (Lipinski definition) is 3. The summed E-state index contributed by atoms with van der Waals surface area (Å²) in [6.07, 6.45) is 3.60. The first kappa shape index (κ1) is 10.7. The van der Waals surface area contributed by atoms with E-state index in [1.165, 1.54) is 0 Å². The summed E-state index contributed by atoms with van der Waals surface area (Å²) in [5, 5.41) is 1.05. The Balaban J connectivity index is 2.07. The van der Waals surface area contributed by atoms with E-state index in [-0.39, 0.29) is 0 Å². The molecule has 3 nitrogen and oxygen atoms in total. The van der Waals surface area contributed by atoms with Gasteiger partial charge in [-0.2, -0.15) is 0 Å². The lowest BCUT2D eigenvalue weighted by molar-refractivity contribution is 0.415. The van der Waals surface area contributed by atoms with Gasteiger partial charge >= 0.3 is 0 Å². The third-order valence-corrected chi connectivity index (χ3v) is 2.88. The number of rotatable bonds is 2. The van der Waals surface area contributed by atoms with Gasteiger partial charge in [0.15, 0.2) is 5.65 Å². The normalized spacial score (nSPS) is 10.5. The Bertz CT molecular complexity index is 677. The topological polar surface area (TPSA) is 35.0 Å². The van der Waals surface area contributed by atoms with E-state index >= 15 is 0 Å². The van der Waals surface area contributed by atoms with Crippen molar-refractivity contribution in [2.24, 2.45) is 0 Å². The van der Waals surface area contributed by atoms with Crippen molar-refractivity contribution in [1.82, 2.24) is 9.97 Å². The zero-order valence-electron chi connectivity index (χ0n) is 10.00. The molecule has 0 aliphatic heterocycles. The highest BCUT2D eigenvalue weighted by Gasteiger charge is 2.01. The SMILES string of the molecule is COc1ccc(-c2cnc3ncccc3c2)cc1. The van der Waals surface area contributed by atoms with Gasteiger partial charge in [0.05, 0.1) is 7.11 Å². The Morgan fingerprint density at radius 3 is 2.56 bits per heavy atom. The molecule has 0 radical (unpaired) electrons. The van der Waals surface area contributed by atoms with Crippen molar-refractivity contribution in [1.29, 1.82) is 0 Å². The molecule has 0 N–H and O–H groups in total. The van der Waals surface area contributed by atoms with Gasteiger partial charge in [-0.1, -0.05) is 12.1 Å². The Morgan fingerprint density at radius 1 is 0.944 bits per heavy atom. The largest absolute Gasteiger partial charge is 0.497 e. The van der Waals surface area contributed by atoms with E-state index in [0.29, 0.717) is 0 Å². The lowest BCUT2D eigenvalue weighted by Crippen LogP contribution is -1.86. The fraction of sp³-hybridized carbons (Fsp3) is 0.0667. The molecule has 3 rings (SSSR count). The van der Waals surface area contributed by atoms with Crippen LogP contribution in [-0.2, 0) is 0 Å². The van der Waals surface area contributed by atoms with Crippen LogP contribution in [-0.4, -0.2) is 17.1 Å². The van der Waals surface area contributed by atoms with Crippen LogP contribution in [0.1, 0.15) is 0 Å². The molecule has 3 aromatic rings. The van der Waals surface area contributed by atoms with Crippen LogP contribution in [0, 0.1) is 0 Å². The smallest absolute Gasteiger partial charge is 0.159 e. The average Bonchev–Trinajstić information content (AvgIpc) is 2.47. The molecule has 0 aliphatic carbocycles. The van der Waals surface area contributed by atoms with E-state index in [2.05, 4.69) is 16.0 Å². The minimum absolute atomic E-state index is 0.773. The second-order valence-electron chi connectivity index (χ2n) is 4.00. The molecule has 2 heterocycles. The molecule has 2 aromatic heterocycles. The zero-order chi connectivity index (χ0) is 12.4. The van der Waals surface area contributed by atoms with E-state index in [9.17, 15) is 0 Å². The van der Waals surface area contributed by atoms with Crippen molar-refractivity contribution in [3.8, 4) is 16.9 Å². The Morgan fingerprint density at radius 2 is 1.78 bits per heavy atom. The fourth-order valence-electron chi connectivity index (χ4n) is 1.91. The van der Waals surface area contributed by atoms with Crippen LogP contribution in [0.25, 0.3) is 22.2 Å². The summed E-state index contributed by atoms with van der Waals surface area (Å²) in [5.41, 5.74) is 2.97. The molecular weight excluding hydrogens is 224 g/mol. The zero-order valence-corrected chi connectivity index (χ0v) is 10.00. The first-order valence-corrected chi connectivity index (χ1v) is 5.72. The maximum absolute atomic E-state index is 5.15. The van der Waals surface area contributed by atoms with E-state index < -0.39 is 0 Å². The van der Waals surface area contributed by atoms with Gasteiger partial charge in [0.2, 0.25) is 0 Å². The molecule has 0 saturated carbocycles. The number of fused-ring (bicyclic) bond motifs is 1. The lowest BCUT2D eigenvalue weighted by atomic mass is 10.1. The Kier molecular flexibility index (Phi) is 2.65. The highest BCUT2D eigenvalue weighted by atomic mass is 16.5. The van der Waals surface area contributed by atoms with Gasteiger partial charge in [0.1, 0.15) is 5.75 Å². The van der Waals surface area contributed by atoms with Crippen molar-refractivity contribution >= 4 is 11.0 Å². The monoisotopic (exact) mass is 236 g/mol. The Hall–Kier alpha value is -2.42. The highest BCUT2D eigenvalue weighted by molar-refractivity contribution is 5.80. The average molecular weight is 236 g/mol. The van der Waals surface area contributed by atoms with Gasteiger partial charge in [-0.05, 0) is 35.9 Å². The van der Waals surface area contributed by atoms with Crippen LogP contribution in [0.4, 0.5) is 0 Å². The molecule has 0 spiro atoms. The molecule has 0 fully saturated rings. The van der Waals surface area contributed by atoms with Gasteiger partial charge in [-0.15, -0.1) is 0 Å². The third-order valence-electron chi connectivity index (χ3n) is 2.88. The minimum atomic E-state index is 0.773. The maximum Gasteiger partial charge on any atom is 0.159 e. The summed E-state index contributed by atoms with van der Waals surface area (Å²) in [4.78, 5) is 8.57. The molecule has 88 valence electrons. The second-order valence-corrected chi connectivity index (χ2v) is 4.00. The molecule has 18 heavy (non-hydrogen) atoms. The third kappa shape index (κ3) is 1.91. The lowest BCUT2D eigenvalue weighted by Gasteiger charge is -2.04. The predicted octanol–water partition coefficient (Wildman–Crippen LogP) is 3.31. The summed E-state index contributed by atoms with van der Waals surface area (Å²) in [6, 6.07) is 14.0. The van der Waals surface area contributed by atoms with Crippen molar-refractivity contribution < 1.29 is 4.74 Å². The second kappa shape index (κ2) is 4.45. The fourth-order valence-corrected chi connectivity index (χ4v) is 1.91. The molecule has 0 amide bonds. The van der Waals surface area contributed by atoms with Crippen LogP contribution in [0.15, 0.2) is 54.9 Å². The van der Waals surface area contributed by atoms with Crippen molar-refractivity contribution in [2.45, 2.75) is 0 Å². The number of ether oxygens (including phenoxy) is 1. The van der Waals surface area contributed by atoms with Crippen LogP contribution < -0.4 is 4.74 Å². The quantitative estimate of drug-likeness (QED) is 0.684. The summed E-state index contributed by atoms with van der Waals surface area (Å²) >= 11 is 0.